The number of carbonyl (C=O) groups is 2. The van der Waals surface area contributed by atoms with Gasteiger partial charge < -0.3 is 15.1 Å². The average molecular weight is 582 g/mol. The maximum atomic E-state index is 13.4. The first kappa shape index (κ1) is 30.6. The van der Waals surface area contributed by atoms with E-state index in [1.165, 1.54) is 11.1 Å². The lowest BCUT2D eigenvalue weighted by Crippen LogP contribution is -2.45. The zero-order valence-electron chi connectivity index (χ0n) is 22.7. The van der Waals surface area contributed by atoms with Crippen LogP contribution < -0.4 is 5.32 Å². The predicted molar refractivity (Wildman–Crippen MR) is 154 cm³/mol. The Morgan fingerprint density at radius 3 is 2.26 bits per heavy atom. The molecule has 1 atom stereocenters. The van der Waals surface area contributed by atoms with Gasteiger partial charge in [-0.3, -0.25) is 9.59 Å². The van der Waals surface area contributed by atoms with Crippen LogP contribution in [0.1, 0.15) is 62.9 Å². The molecular weight excluding hydrogens is 542 g/mol. The molecular formula is C28H40ClN3O4S2. The first-order chi connectivity index (χ1) is 17.4. The number of thiophene rings is 1. The van der Waals surface area contributed by atoms with Crippen molar-refractivity contribution in [3.63, 3.8) is 0 Å². The second-order valence-electron chi connectivity index (χ2n) is 11.6. The number of nitrogens with one attached hydrogen (secondary N) is 1. The smallest absolute Gasteiger partial charge is 0.229 e. The van der Waals surface area contributed by atoms with Gasteiger partial charge >= 0.3 is 0 Å². The summed E-state index contributed by atoms with van der Waals surface area (Å²) in [5.74, 6) is 0.291. The summed E-state index contributed by atoms with van der Waals surface area (Å²) < 4.78 is 23.4. The summed E-state index contributed by atoms with van der Waals surface area (Å²) in [7, 11) is -3.23. The minimum atomic E-state index is -3.23. The molecule has 4 rings (SSSR count). The predicted octanol–water partition coefficient (Wildman–Crippen LogP) is 4.68. The Morgan fingerprint density at radius 2 is 1.71 bits per heavy atom. The fourth-order valence-corrected chi connectivity index (χ4v) is 6.68. The van der Waals surface area contributed by atoms with Crippen molar-refractivity contribution in [3.05, 3.63) is 52.2 Å². The number of halogens is 1. The van der Waals surface area contributed by atoms with E-state index >= 15 is 0 Å². The molecule has 7 nitrogen and oxygen atoms in total. The average Bonchev–Trinajstić information content (AvgIpc) is 3.47. The summed E-state index contributed by atoms with van der Waals surface area (Å²) >= 11 is 1.68. The van der Waals surface area contributed by atoms with E-state index in [9.17, 15) is 18.0 Å². The number of hydrogen-bond donors (Lipinski definition) is 1. The number of carbonyl (C=O) groups excluding carboxylic acids is 2. The standard InChI is InChI=1S/C28H39N3O4S2.ClH/c1-27(2,3)25(32)29-23(24-6-5-19-36-24)11-15-30-16-12-28(13-17-30)14-18-31(26(28)33)20-21-7-9-22(10-8-21)37(4,34)35;/h5-10,19,23H,11-18,20H2,1-4H3,(H,29,32);1H. The van der Waals surface area contributed by atoms with Crippen LogP contribution in [0, 0.1) is 10.8 Å². The van der Waals surface area contributed by atoms with E-state index in [1.54, 1.807) is 35.6 Å². The highest BCUT2D eigenvalue weighted by Crippen LogP contribution is 2.42. The van der Waals surface area contributed by atoms with Gasteiger partial charge in [0.05, 0.1) is 16.4 Å². The van der Waals surface area contributed by atoms with Crippen molar-refractivity contribution in [1.29, 1.82) is 0 Å². The van der Waals surface area contributed by atoms with Crippen LogP contribution in [0.3, 0.4) is 0 Å². The van der Waals surface area contributed by atoms with Gasteiger partial charge in [-0.1, -0.05) is 39.0 Å². The molecule has 10 heteroatoms. The van der Waals surface area contributed by atoms with Crippen LogP contribution >= 0.6 is 23.7 Å². The third-order valence-corrected chi connectivity index (χ3v) is 9.86. The highest BCUT2D eigenvalue weighted by atomic mass is 35.5. The molecule has 3 heterocycles. The number of amides is 2. The first-order valence-electron chi connectivity index (χ1n) is 13.0. The quantitative estimate of drug-likeness (QED) is 0.489. The van der Waals surface area contributed by atoms with E-state index in [4.69, 9.17) is 0 Å². The summed E-state index contributed by atoms with van der Waals surface area (Å²) in [5.41, 5.74) is 0.237. The summed E-state index contributed by atoms with van der Waals surface area (Å²) in [5, 5.41) is 5.30. The Bertz CT molecular complexity index is 1200. The van der Waals surface area contributed by atoms with Crippen LogP contribution in [0.4, 0.5) is 0 Å². The number of hydrogen-bond acceptors (Lipinski definition) is 6. The van der Waals surface area contributed by atoms with Crippen LogP contribution in [-0.4, -0.2) is 62.5 Å². The maximum Gasteiger partial charge on any atom is 0.229 e. The number of likely N-dealkylation sites (tertiary alicyclic amines) is 2. The van der Waals surface area contributed by atoms with Crippen LogP contribution in [-0.2, 0) is 26.0 Å². The maximum absolute atomic E-state index is 13.4. The third-order valence-electron chi connectivity index (χ3n) is 7.75. The molecule has 0 saturated carbocycles. The van der Waals surface area contributed by atoms with Crippen molar-refractivity contribution >= 4 is 45.4 Å². The van der Waals surface area contributed by atoms with E-state index in [1.807, 2.05) is 37.1 Å². The van der Waals surface area contributed by atoms with Crippen molar-refractivity contribution in [2.24, 2.45) is 10.8 Å². The van der Waals surface area contributed by atoms with Gasteiger partial charge in [0.25, 0.3) is 0 Å². The minimum Gasteiger partial charge on any atom is -0.348 e. The van der Waals surface area contributed by atoms with E-state index in [0.29, 0.717) is 11.4 Å². The van der Waals surface area contributed by atoms with Gasteiger partial charge in [0.1, 0.15) is 0 Å². The highest BCUT2D eigenvalue weighted by Gasteiger charge is 2.47. The Labute approximate surface area is 237 Å². The molecule has 1 unspecified atom stereocenters. The highest BCUT2D eigenvalue weighted by molar-refractivity contribution is 7.90. The molecule has 2 amide bonds. The molecule has 2 saturated heterocycles. The summed E-state index contributed by atoms with van der Waals surface area (Å²) in [4.78, 5) is 31.9. The molecule has 1 aromatic carbocycles. The fraction of sp³-hybridized carbons (Fsp3) is 0.571. The Balaban J connectivity index is 0.00000400. The SMILES string of the molecule is CC(C)(C)C(=O)NC(CCN1CCC2(CC1)CCN(Cc1ccc(S(C)(=O)=O)cc1)C2=O)c1cccs1.Cl. The monoisotopic (exact) mass is 581 g/mol. The lowest BCUT2D eigenvalue weighted by atomic mass is 9.77. The van der Waals surface area contributed by atoms with Crippen molar-refractivity contribution < 1.29 is 18.0 Å². The molecule has 1 spiro atoms. The number of piperidine rings is 1. The minimum absolute atomic E-state index is 0. The largest absolute Gasteiger partial charge is 0.348 e. The lowest BCUT2D eigenvalue weighted by molar-refractivity contribution is -0.139. The van der Waals surface area contributed by atoms with E-state index in [-0.39, 0.29) is 35.7 Å². The topological polar surface area (TPSA) is 86.8 Å². The summed E-state index contributed by atoms with van der Waals surface area (Å²) in [6.07, 6.45) is 4.63. The molecule has 210 valence electrons. The summed E-state index contributed by atoms with van der Waals surface area (Å²) in [6.45, 7) is 9.71. The van der Waals surface area contributed by atoms with Gasteiger partial charge in [-0.2, -0.15) is 0 Å². The number of sulfone groups is 1. The molecule has 2 aromatic rings. The van der Waals surface area contributed by atoms with Gasteiger partial charge in [-0.05, 0) is 67.9 Å². The molecule has 2 fully saturated rings. The van der Waals surface area contributed by atoms with Crippen LogP contribution in [0.5, 0.6) is 0 Å². The molecule has 1 N–H and O–H groups in total. The first-order valence-corrected chi connectivity index (χ1v) is 15.8. The van der Waals surface area contributed by atoms with E-state index in [2.05, 4.69) is 16.3 Å². The molecule has 2 aliphatic rings. The normalized spacial score (nSPS) is 18.8. The molecule has 2 aliphatic heterocycles. The lowest BCUT2D eigenvalue weighted by Gasteiger charge is -2.38. The molecule has 0 radical (unpaired) electrons. The molecule has 1 aromatic heterocycles. The van der Waals surface area contributed by atoms with Gasteiger partial charge in [-0.25, -0.2) is 8.42 Å². The van der Waals surface area contributed by atoms with Gasteiger partial charge in [0.2, 0.25) is 11.8 Å². The van der Waals surface area contributed by atoms with E-state index < -0.39 is 15.3 Å². The number of rotatable bonds is 8. The van der Waals surface area contributed by atoms with Crippen molar-refractivity contribution in [2.75, 3.05) is 32.4 Å². The zero-order valence-corrected chi connectivity index (χ0v) is 25.2. The number of benzene rings is 1. The van der Waals surface area contributed by atoms with Gasteiger partial charge in [0.15, 0.2) is 9.84 Å². The van der Waals surface area contributed by atoms with Crippen molar-refractivity contribution in [2.45, 2.75) is 63.9 Å². The Morgan fingerprint density at radius 1 is 1.08 bits per heavy atom. The van der Waals surface area contributed by atoms with Gasteiger partial charge in [-0.15, -0.1) is 23.7 Å². The van der Waals surface area contributed by atoms with Crippen LogP contribution in [0.2, 0.25) is 0 Å². The van der Waals surface area contributed by atoms with Crippen LogP contribution in [0.25, 0.3) is 0 Å². The third kappa shape index (κ3) is 7.17. The van der Waals surface area contributed by atoms with Crippen molar-refractivity contribution in [3.8, 4) is 0 Å². The fourth-order valence-electron chi connectivity index (χ4n) is 5.24. The molecule has 38 heavy (non-hydrogen) atoms. The molecule has 0 aliphatic carbocycles. The summed E-state index contributed by atoms with van der Waals surface area (Å²) in [6, 6.07) is 11.0. The Kier molecular flexibility index (Phi) is 9.72. The molecule has 0 bridgehead atoms. The van der Waals surface area contributed by atoms with E-state index in [0.717, 1.165) is 57.4 Å². The zero-order chi connectivity index (χ0) is 26.8. The number of nitrogens with zero attached hydrogens (tertiary/aromatic N) is 2. The Hall–Kier alpha value is -1.94. The second kappa shape index (κ2) is 12.1. The van der Waals surface area contributed by atoms with Crippen molar-refractivity contribution in [1.82, 2.24) is 15.1 Å². The van der Waals surface area contributed by atoms with Gasteiger partial charge in [0, 0.05) is 36.2 Å². The second-order valence-corrected chi connectivity index (χ2v) is 14.6. The van der Waals surface area contributed by atoms with Crippen LogP contribution in [0.15, 0.2) is 46.7 Å².